The van der Waals surface area contributed by atoms with Gasteiger partial charge in [-0.3, -0.25) is 4.18 Å². The molecule has 0 aromatic carbocycles. The second-order valence-electron chi connectivity index (χ2n) is 3.56. The monoisotopic (exact) mass is 298 g/mol. The lowest BCUT2D eigenvalue weighted by Crippen LogP contribution is -2.50. The fourth-order valence-electron chi connectivity index (χ4n) is 1.17. The van der Waals surface area contributed by atoms with Crippen molar-refractivity contribution >= 4 is 22.7 Å². The average molecular weight is 298 g/mol. The summed E-state index contributed by atoms with van der Waals surface area (Å²) in [5.74, 6) is -1.52. The van der Waals surface area contributed by atoms with Gasteiger partial charge >= 0.3 is 0 Å². The van der Waals surface area contributed by atoms with Gasteiger partial charge in [0.05, 0.1) is 24.8 Å². The molecule has 0 aliphatic carbocycles. The van der Waals surface area contributed by atoms with Gasteiger partial charge in [-0.05, 0) is 0 Å². The molecule has 1 fully saturated rings. The number of carbonyl (C=O) groups is 2. The van der Waals surface area contributed by atoms with E-state index < -0.39 is 41.3 Å². The number of aliphatic hydroxyl groups excluding tert-OH is 1. The van der Waals surface area contributed by atoms with E-state index in [0.29, 0.717) is 6.42 Å². The normalized spacial score (nSPS) is 27.0. The molecule has 1 aliphatic heterocycles. The van der Waals surface area contributed by atoms with Gasteiger partial charge in [0.25, 0.3) is 0 Å². The van der Waals surface area contributed by atoms with Gasteiger partial charge in [0.15, 0.2) is 0 Å². The molecule has 1 rings (SSSR count). The molecular formula is C9H14O9S-2. The Morgan fingerprint density at radius 2 is 2.11 bits per heavy atom. The summed E-state index contributed by atoms with van der Waals surface area (Å²) in [4.78, 5) is 19.5. The van der Waals surface area contributed by atoms with Gasteiger partial charge in [0, 0.05) is 12.8 Å². The number of aliphatic hydroxyl groups is 1. The van der Waals surface area contributed by atoms with Gasteiger partial charge in [0.2, 0.25) is 10.4 Å². The van der Waals surface area contributed by atoms with E-state index in [1.165, 1.54) is 0 Å². The predicted octanol–water partition coefficient (Wildman–Crippen LogP) is -2.67. The summed E-state index contributed by atoms with van der Waals surface area (Å²) in [5.41, 5.74) is 0. The summed E-state index contributed by atoms with van der Waals surface area (Å²) in [6.07, 6.45) is -2.97. The van der Waals surface area contributed by atoms with Crippen LogP contribution in [0.5, 0.6) is 0 Å². The number of hydrogen-bond donors (Lipinski definition) is 1. The fourth-order valence-corrected chi connectivity index (χ4v) is 1.66. The van der Waals surface area contributed by atoms with Crippen LogP contribution in [-0.2, 0) is 28.9 Å². The van der Waals surface area contributed by atoms with Crippen LogP contribution in [0.25, 0.3) is 0 Å². The highest BCUT2D eigenvalue weighted by molar-refractivity contribution is 7.80. The van der Waals surface area contributed by atoms with Crippen molar-refractivity contribution in [3.8, 4) is 0 Å². The number of carboxylic acid groups (broad SMARTS) is 1. The summed E-state index contributed by atoms with van der Waals surface area (Å²) in [6.45, 7) is 1.31. The summed E-state index contributed by atoms with van der Waals surface area (Å²) in [7, 11) is -4.95. The predicted molar refractivity (Wildman–Crippen MR) is 56.3 cm³/mol. The van der Waals surface area contributed by atoms with Crippen LogP contribution < -0.4 is 5.11 Å². The minimum absolute atomic E-state index is 0.386. The first-order chi connectivity index (χ1) is 8.71. The van der Waals surface area contributed by atoms with Crippen LogP contribution in [0.15, 0.2) is 0 Å². The molecule has 10 heteroatoms. The van der Waals surface area contributed by atoms with Crippen LogP contribution in [0, 0.1) is 0 Å². The van der Waals surface area contributed by atoms with Crippen molar-refractivity contribution in [2.24, 2.45) is 0 Å². The molecule has 0 radical (unpaired) electrons. The molecule has 112 valence electrons. The maximum Gasteiger partial charge on any atom is 0.218 e. The van der Waals surface area contributed by atoms with Crippen molar-refractivity contribution < 1.29 is 41.7 Å². The SMILES string of the molecule is CCC=O.O=C([O-])C1CC(O)C(OS(=O)(=O)[O-])CO1. The molecule has 0 amide bonds. The molecule has 0 bridgehead atoms. The number of carboxylic acids is 1. The van der Waals surface area contributed by atoms with Crippen molar-refractivity contribution in [3.63, 3.8) is 0 Å². The highest BCUT2D eigenvalue weighted by Crippen LogP contribution is 2.17. The smallest absolute Gasteiger partial charge is 0.218 e. The molecule has 1 saturated heterocycles. The maximum atomic E-state index is 10.3. The molecule has 3 unspecified atom stereocenters. The molecule has 1 aliphatic rings. The third-order valence-electron chi connectivity index (χ3n) is 2.02. The topological polar surface area (TPSA) is 153 Å². The largest absolute Gasteiger partial charge is 0.726 e. The fraction of sp³-hybridized carbons (Fsp3) is 0.778. The number of carbonyl (C=O) groups excluding carboxylic acids is 2. The van der Waals surface area contributed by atoms with E-state index in [1.54, 1.807) is 0 Å². The van der Waals surface area contributed by atoms with Gasteiger partial charge in [-0.25, -0.2) is 8.42 Å². The first-order valence-corrected chi connectivity index (χ1v) is 6.62. The lowest BCUT2D eigenvalue weighted by molar-refractivity contribution is -0.320. The van der Waals surface area contributed by atoms with E-state index in [0.717, 1.165) is 6.29 Å². The molecule has 1 N–H and O–H groups in total. The minimum atomic E-state index is -4.95. The quantitative estimate of drug-likeness (QED) is 0.332. The van der Waals surface area contributed by atoms with Gasteiger partial charge in [-0.15, -0.1) is 0 Å². The third-order valence-corrected chi connectivity index (χ3v) is 2.50. The Hall–Kier alpha value is -1.07. The average Bonchev–Trinajstić information content (AvgIpc) is 2.30. The molecule has 0 aromatic heterocycles. The Kier molecular flexibility index (Phi) is 7.71. The van der Waals surface area contributed by atoms with E-state index >= 15 is 0 Å². The zero-order chi connectivity index (χ0) is 15.1. The first-order valence-electron chi connectivity index (χ1n) is 5.29. The van der Waals surface area contributed by atoms with Crippen molar-refractivity contribution in [1.29, 1.82) is 0 Å². The number of aliphatic carboxylic acids is 1. The zero-order valence-electron chi connectivity index (χ0n) is 10.1. The van der Waals surface area contributed by atoms with Gasteiger partial charge in [-0.1, -0.05) is 6.92 Å². The van der Waals surface area contributed by atoms with E-state index in [9.17, 15) is 32.8 Å². The highest BCUT2D eigenvalue weighted by Gasteiger charge is 2.32. The Bertz CT molecular complexity index is 390. The molecule has 0 saturated carbocycles. The summed E-state index contributed by atoms with van der Waals surface area (Å²) in [6, 6.07) is 0. The summed E-state index contributed by atoms with van der Waals surface area (Å²) in [5, 5.41) is 19.6. The van der Waals surface area contributed by atoms with E-state index in [1.807, 2.05) is 6.92 Å². The van der Waals surface area contributed by atoms with Crippen LogP contribution in [0.4, 0.5) is 0 Å². The molecule has 3 atom stereocenters. The lowest BCUT2D eigenvalue weighted by Gasteiger charge is -2.33. The number of hydrogen-bond acceptors (Lipinski definition) is 9. The summed E-state index contributed by atoms with van der Waals surface area (Å²) < 4.78 is 39.1. The molecule has 0 spiro atoms. The highest BCUT2D eigenvalue weighted by atomic mass is 32.3. The Labute approximate surface area is 110 Å². The maximum absolute atomic E-state index is 10.3. The van der Waals surface area contributed by atoms with Gasteiger partial charge in [-0.2, -0.15) is 0 Å². The molecule has 19 heavy (non-hydrogen) atoms. The summed E-state index contributed by atoms with van der Waals surface area (Å²) >= 11 is 0. The van der Waals surface area contributed by atoms with Gasteiger partial charge < -0.3 is 29.1 Å². The van der Waals surface area contributed by atoms with Crippen LogP contribution in [-0.4, -0.2) is 55.3 Å². The van der Waals surface area contributed by atoms with Crippen molar-refractivity contribution in [1.82, 2.24) is 0 Å². The van der Waals surface area contributed by atoms with Crippen molar-refractivity contribution in [3.05, 3.63) is 0 Å². The zero-order valence-corrected chi connectivity index (χ0v) is 10.9. The lowest BCUT2D eigenvalue weighted by atomic mass is 10.0. The van der Waals surface area contributed by atoms with E-state index in [4.69, 9.17) is 0 Å². The number of rotatable bonds is 4. The van der Waals surface area contributed by atoms with Crippen molar-refractivity contribution in [2.45, 2.75) is 38.1 Å². The van der Waals surface area contributed by atoms with Crippen LogP contribution in [0.3, 0.4) is 0 Å². The van der Waals surface area contributed by atoms with Crippen LogP contribution in [0.1, 0.15) is 19.8 Å². The Morgan fingerprint density at radius 1 is 1.58 bits per heavy atom. The first kappa shape index (κ1) is 17.9. The standard InChI is InChI=1S/C6H10O8S.C3H6O/c7-3-1-4(6(8)9)13-2-5(3)14-15(10,11)12;1-2-3-4/h3-5,7H,1-2H2,(H,8,9)(H,10,11,12);3H,2H2,1H3/p-2. The van der Waals surface area contributed by atoms with Crippen LogP contribution >= 0.6 is 0 Å². The van der Waals surface area contributed by atoms with E-state index in [2.05, 4.69) is 8.92 Å². The second-order valence-corrected chi connectivity index (χ2v) is 4.57. The molecular weight excluding hydrogens is 284 g/mol. The minimum Gasteiger partial charge on any atom is -0.726 e. The third kappa shape index (κ3) is 7.85. The number of aldehydes is 1. The van der Waals surface area contributed by atoms with Crippen molar-refractivity contribution in [2.75, 3.05) is 6.61 Å². The number of ether oxygens (including phenoxy) is 1. The second kappa shape index (κ2) is 8.17. The Balaban J connectivity index is 0.000000711. The Morgan fingerprint density at radius 3 is 2.42 bits per heavy atom. The van der Waals surface area contributed by atoms with Gasteiger partial charge in [0.1, 0.15) is 12.4 Å². The molecule has 9 nitrogen and oxygen atoms in total. The molecule has 1 heterocycles. The van der Waals surface area contributed by atoms with E-state index in [-0.39, 0.29) is 6.42 Å². The molecule has 0 aromatic rings. The van der Waals surface area contributed by atoms with Crippen LogP contribution in [0.2, 0.25) is 0 Å².